The van der Waals surface area contributed by atoms with Gasteiger partial charge in [0.1, 0.15) is 5.15 Å². The molecule has 5 nitrogen and oxygen atoms in total. The van der Waals surface area contributed by atoms with Crippen molar-refractivity contribution in [1.82, 2.24) is 20.5 Å². The average Bonchev–Trinajstić information content (AvgIpc) is 2.59. The molecule has 1 aromatic rings. The van der Waals surface area contributed by atoms with Crippen LogP contribution in [0, 0.1) is 0 Å². The Labute approximate surface area is 151 Å². The first-order chi connectivity index (χ1) is 11.7. The fourth-order valence-corrected chi connectivity index (χ4v) is 2.69. The molecule has 0 saturated heterocycles. The number of guanidine groups is 1. The fourth-order valence-electron chi connectivity index (χ4n) is 2.58. The molecule has 0 bridgehead atoms. The number of aromatic nitrogens is 1. The zero-order valence-corrected chi connectivity index (χ0v) is 16.1. The van der Waals surface area contributed by atoms with Crippen LogP contribution in [-0.4, -0.2) is 55.6 Å². The SMILES string of the molecule is CCCN(CCC)CCCNC(=NC)NCCc1ccc(Cl)nc1. The van der Waals surface area contributed by atoms with Crippen LogP contribution >= 0.6 is 11.6 Å². The van der Waals surface area contributed by atoms with E-state index in [1.165, 1.54) is 25.9 Å². The summed E-state index contributed by atoms with van der Waals surface area (Å²) in [5.74, 6) is 0.856. The van der Waals surface area contributed by atoms with Crippen LogP contribution in [0.5, 0.6) is 0 Å². The van der Waals surface area contributed by atoms with E-state index in [4.69, 9.17) is 11.6 Å². The number of nitrogens with one attached hydrogen (secondary N) is 2. The standard InChI is InChI=1S/C18H32ClN5/c1-4-12-24(13-5-2)14-6-10-21-18(20-3)22-11-9-16-7-8-17(19)23-15-16/h7-8,15H,4-6,9-14H2,1-3H3,(H2,20,21,22). The molecule has 0 aliphatic carbocycles. The number of nitrogens with zero attached hydrogens (tertiary/aromatic N) is 3. The van der Waals surface area contributed by atoms with Crippen molar-refractivity contribution in [3.05, 3.63) is 29.0 Å². The summed E-state index contributed by atoms with van der Waals surface area (Å²) in [6, 6.07) is 3.82. The maximum absolute atomic E-state index is 5.79. The minimum Gasteiger partial charge on any atom is -0.356 e. The van der Waals surface area contributed by atoms with Crippen molar-refractivity contribution in [2.75, 3.05) is 39.8 Å². The highest BCUT2D eigenvalue weighted by atomic mass is 35.5. The molecule has 136 valence electrons. The zero-order chi connectivity index (χ0) is 17.6. The van der Waals surface area contributed by atoms with Gasteiger partial charge in [0.15, 0.2) is 5.96 Å². The first kappa shape index (κ1) is 20.7. The molecule has 1 aromatic heterocycles. The van der Waals surface area contributed by atoms with Gasteiger partial charge in [0.05, 0.1) is 0 Å². The van der Waals surface area contributed by atoms with Crippen LogP contribution < -0.4 is 10.6 Å². The largest absolute Gasteiger partial charge is 0.356 e. The van der Waals surface area contributed by atoms with Gasteiger partial charge in [0.2, 0.25) is 0 Å². The topological polar surface area (TPSA) is 52.5 Å². The summed E-state index contributed by atoms with van der Waals surface area (Å²) >= 11 is 5.79. The third kappa shape index (κ3) is 9.08. The van der Waals surface area contributed by atoms with Gasteiger partial charge in [-0.15, -0.1) is 0 Å². The molecule has 0 amide bonds. The molecule has 0 aliphatic heterocycles. The summed E-state index contributed by atoms with van der Waals surface area (Å²) in [7, 11) is 1.81. The summed E-state index contributed by atoms with van der Waals surface area (Å²) in [6.07, 6.45) is 6.27. The molecule has 1 rings (SSSR count). The van der Waals surface area contributed by atoms with E-state index >= 15 is 0 Å². The second kappa shape index (κ2) is 13.0. The van der Waals surface area contributed by atoms with Crippen LogP contribution in [-0.2, 0) is 6.42 Å². The minimum atomic E-state index is 0.532. The lowest BCUT2D eigenvalue weighted by molar-refractivity contribution is 0.271. The van der Waals surface area contributed by atoms with Gasteiger partial charge in [0.25, 0.3) is 0 Å². The van der Waals surface area contributed by atoms with E-state index in [1.54, 1.807) is 7.05 Å². The highest BCUT2D eigenvalue weighted by Crippen LogP contribution is 2.05. The molecule has 0 atom stereocenters. The Hall–Kier alpha value is -1.33. The van der Waals surface area contributed by atoms with Gasteiger partial charge in [0, 0.05) is 26.3 Å². The normalized spacial score (nSPS) is 11.8. The Morgan fingerprint density at radius 3 is 2.42 bits per heavy atom. The molecule has 0 spiro atoms. The van der Waals surface area contributed by atoms with E-state index in [-0.39, 0.29) is 0 Å². The Balaban J connectivity index is 2.19. The van der Waals surface area contributed by atoms with Gasteiger partial charge in [-0.05, 0) is 56.9 Å². The summed E-state index contributed by atoms with van der Waals surface area (Å²) in [5.41, 5.74) is 1.16. The van der Waals surface area contributed by atoms with Crippen LogP contribution in [0.4, 0.5) is 0 Å². The molecule has 0 radical (unpaired) electrons. The number of aliphatic imine (C=N–C) groups is 1. The van der Waals surface area contributed by atoms with Crippen molar-refractivity contribution >= 4 is 17.6 Å². The van der Waals surface area contributed by atoms with Crippen molar-refractivity contribution in [2.45, 2.75) is 39.5 Å². The number of pyridine rings is 1. The van der Waals surface area contributed by atoms with Gasteiger partial charge < -0.3 is 15.5 Å². The summed E-state index contributed by atoms with van der Waals surface area (Å²) in [6.45, 7) is 9.76. The summed E-state index contributed by atoms with van der Waals surface area (Å²) in [5, 5.41) is 7.25. The van der Waals surface area contributed by atoms with E-state index in [0.717, 1.165) is 44.0 Å². The Morgan fingerprint density at radius 2 is 1.83 bits per heavy atom. The molecule has 0 unspecified atom stereocenters. The number of hydrogen-bond acceptors (Lipinski definition) is 3. The maximum Gasteiger partial charge on any atom is 0.190 e. The number of rotatable bonds is 11. The van der Waals surface area contributed by atoms with E-state index in [1.807, 2.05) is 18.3 Å². The Kier molecular flexibility index (Phi) is 11.2. The second-order valence-electron chi connectivity index (χ2n) is 5.86. The Bertz CT molecular complexity index is 455. The molecule has 0 fully saturated rings. The van der Waals surface area contributed by atoms with Crippen molar-refractivity contribution < 1.29 is 0 Å². The second-order valence-corrected chi connectivity index (χ2v) is 6.25. The van der Waals surface area contributed by atoms with Gasteiger partial charge in [-0.25, -0.2) is 4.98 Å². The van der Waals surface area contributed by atoms with Crippen molar-refractivity contribution in [1.29, 1.82) is 0 Å². The molecule has 0 aromatic carbocycles. The summed E-state index contributed by atoms with van der Waals surface area (Å²) in [4.78, 5) is 10.9. The third-order valence-electron chi connectivity index (χ3n) is 3.74. The number of halogens is 1. The van der Waals surface area contributed by atoms with Crippen LogP contribution in [0.15, 0.2) is 23.3 Å². The monoisotopic (exact) mass is 353 g/mol. The van der Waals surface area contributed by atoms with Crippen LogP contribution in [0.25, 0.3) is 0 Å². The molecular weight excluding hydrogens is 322 g/mol. The summed E-state index contributed by atoms with van der Waals surface area (Å²) < 4.78 is 0. The molecule has 6 heteroatoms. The lowest BCUT2D eigenvalue weighted by Gasteiger charge is -2.21. The van der Waals surface area contributed by atoms with Crippen molar-refractivity contribution in [2.24, 2.45) is 4.99 Å². The van der Waals surface area contributed by atoms with Crippen LogP contribution in [0.2, 0.25) is 5.15 Å². The van der Waals surface area contributed by atoms with E-state index in [2.05, 4.69) is 39.4 Å². The van der Waals surface area contributed by atoms with E-state index in [9.17, 15) is 0 Å². The first-order valence-electron chi connectivity index (χ1n) is 8.96. The zero-order valence-electron chi connectivity index (χ0n) is 15.3. The predicted molar refractivity (Wildman–Crippen MR) is 104 cm³/mol. The van der Waals surface area contributed by atoms with Crippen LogP contribution in [0.3, 0.4) is 0 Å². The molecule has 2 N–H and O–H groups in total. The Morgan fingerprint density at radius 1 is 1.12 bits per heavy atom. The van der Waals surface area contributed by atoms with E-state index < -0.39 is 0 Å². The molecule has 0 saturated carbocycles. The average molecular weight is 354 g/mol. The molecular formula is C18H32ClN5. The molecule has 1 heterocycles. The van der Waals surface area contributed by atoms with Gasteiger partial charge in [-0.1, -0.05) is 31.5 Å². The molecule has 24 heavy (non-hydrogen) atoms. The van der Waals surface area contributed by atoms with Gasteiger partial charge in [-0.3, -0.25) is 4.99 Å². The highest BCUT2D eigenvalue weighted by Gasteiger charge is 2.03. The highest BCUT2D eigenvalue weighted by molar-refractivity contribution is 6.29. The van der Waals surface area contributed by atoms with Crippen LogP contribution in [0.1, 0.15) is 38.7 Å². The smallest absolute Gasteiger partial charge is 0.190 e. The minimum absolute atomic E-state index is 0.532. The van der Waals surface area contributed by atoms with E-state index in [0.29, 0.717) is 5.15 Å². The lowest BCUT2D eigenvalue weighted by Crippen LogP contribution is -2.39. The fraction of sp³-hybridized carbons (Fsp3) is 0.667. The first-order valence-corrected chi connectivity index (χ1v) is 9.34. The lowest BCUT2D eigenvalue weighted by atomic mass is 10.2. The van der Waals surface area contributed by atoms with Crippen molar-refractivity contribution in [3.8, 4) is 0 Å². The van der Waals surface area contributed by atoms with Gasteiger partial charge in [-0.2, -0.15) is 0 Å². The van der Waals surface area contributed by atoms with Gasteiger partial charge >= 0.3 is 0 Å². The number of hydrogen-bond donors (Lipinski definition) is 2. The quantitative estimate of drug-likeness (QED) is 0.278. The molecule has 0 aliphatic rings. The van der Waals surface area contributed by atoms with Crippen molar-refractivity contribution in [3.63, 3.8) is 0 Å². The maximum atomic E-state index is 5.79. The predicted octanol–water partition coefficient (Wildman–Crippen LogP) is 2.95. The third-order valence-corrected chi connectivity index (χ3v) is 3.97.